The number of ether oxygens (including phenoxy) is 1. The van der Waals surface area contributed by atoms with Crippen molar-refractivity contribution in [2.75, 3.05) is 7.11 Å². The number of hydrogen-bond acceptors (Lipinski definition) is 2. The maximum absolute atomic E-state index is 10.9. The van der Waals surface area contributed by atoms with Crippen molar-refractivity contribution in [2.45, 2.75) is 25.9 Å². The molecule has 0 spiro atoms. The van der Waals surface area contributed by atoms with Crippen LogP contribution in [0.15, 0.2) is 24.3 Å². The summed E-state index contributed by atoms with van der Waals surface area (Å²) in [6, 6.07) is 7.09. The summed E-state index contributed by atoms with van der Waals surface area (Å²) in [6.45, 7) is 1.98. The van der Waals surface area contributed by atoms with E-state index in [1.165, 1.54) is 0 Å². The summed E-state index contributed by atoms with van der Waals surface area (Å²) in [5.41, 5.74) is 1.26. The lowest BCUT2D eigenvalue weighted by molar-refractivity contribution is 0.0694. The Morgan fingerprint density at radius 3 is 2.73 bits per heavy atom. The minimum absolute atomic E-state index is 0.159. The van der Waals surface area contributed by atoms with Crippen molar-refractivity contribution in [3.63, 3.8) is 0 Å². The first-order valence-electron chi connectivity index (χ1n) is 4.99. The first kappa shape index (κ1) is 11.7. The topological polar surface area (TPSA) is 46.5 Å². The molecule has 1 rings (SSSR count). The maximum Gasteiger partial charge on any atom is 0.335 e. The van der Waals surface area contributed by atoms with Gasteiger partial charge >= 0.3 is 5.97 Å². The molecule has 1 aromatic rings. The van der Waals surface area contributed by atoms with Crippen LogP contribution in [0.25, 0.3) is 0 Å². The van der Waals surface area contributed by atoms with E-state index in [4.69, 9.17) is 9.84 Å². The summed E-state index contributed by atoms with van der Waals surface area (Å²) in [6.07, 6.45) is 1.73. The Morgan fingerprint density at radius 2 is 2.13 bits per heavy atom. The molecule has 3 heteroatoms. The molecule has 0 aliphatic rings. The van der Waals surface area contributed by atoms with Crippen LogP contribution >= 0.6 is 0 Å². The lowest BCUT2D eigenvalue weighted by atomic mass is 10.0. The zero-order valence-electron chi connectivity index (χ0n) is 9.06. The predicted octanol–water partition coefficient (Wildman–Crippen LogP) is 2.35. The summed E-state index contributed by atoms with van der Waals surface area (Å²) < 4.78 is 5.12. The van der Waals surface area contributed by atoms with Crippen LogP contribution in [0.4, 0.5) is 0 Å². The molecule has 0 heterocycles. The van der Waals surface area contributed by atoms with Crippen LogP contribution in [0.1, 0.15) is 29.3 Å². The highest BCUT2D eigenvalue weighted by atomic mass is 16.5. The van der Waals surface area contributed by atoms with E-state index in [0.29, 0.717) is 5.56 Å². The quantitative estimate of drug-likeness (QED) is 0.808. The second-order valence-electron chi connectivity index (χ2n) is 3.55. The molecule has 0 aromatic heterocycles. The van der Waals surface area contributed by atoms with Gasteiger partial charge in [0.1, 0.15) is 0 Å². The van der Waals surface area contributed by atoms with Crippen molar-refractivity contribution in [1.82, 2.24) is 0 Å². The van der Waals surface area contributed by atoms with Crippen LogP contribution in [-0.2, 0) is 11.2 Å². The van der Waals surface area contributed by atoms with Crippen LogP contribution < -0.4 is 0 Å². The van der Waals surface area contributed by atoms with E-state index in [0.717, 1.165) is 18.4 Å². The molecule has 0 bridgehead atoms. The fourth-order valence-electron chi connectivity index (χ4n) is 1.42. The zero-order chi connectivity index (χ0) is 11.3. The monoisotopic (exact) mass is 208 g/mol. The second kappa shape index (κ2) is 5.51. The zero-order valence-corrected chi connectivity index (χ0v) is 9.06. The van der Waals surface area contributed by atoms with Crippen LogP contribution in [0.2, 0.25) is 0 Å². The Morgan fingerprint density at radius 1 is 1.47 bits per heavy atom. The Kier molecular flexibility index (Phi) is 4.31. The Balaban J connectivity index is 2.72. The van der Waals surface area contributed by atoms with E-state index < -0.39 is 5.97 Å². The van der Waals surface area contributed by atoms with E-state index >= 15 is 0 Å². The van der Waals surface area contributed by atoms with Crippen LogP contribution in [-0.4, -0.2) is 24.3 Å². The lowest BCUT2D eigenvalue weighted by Gasteiger charge is -2.10. The SMILES string of the molecule is CO[C@@H](C)CCc1ccccc1C(=O)O. The molecular formula is C12H16O3. The minimum atomic E-state index is -0.865. The smallest absolute Gasteiger partial charge is 0.335 e. The van der Waals surface area contributed by atoms with E-state index in [-0.39, 0.29) is 6.10 Å². The third kappa shape index (κ3) is 3.36. The van der Waals surface area contributed by atoms with E-state index in [1.807, 2.05) is 19.1 Å². The van der Waals surface area contributed by atoms with Crippen LogP contribution in [0.5, 0.6) is 0 Å². The average molecular weight is 208 g/mol. The molecule has 0 aliphatic carbocycles. The fraction of sp³-hybridized carbons (Fsp3) is 0.417. The Bertz CT molecular complexity index is 333. The van der Waals surface area contributed by atoms with Crippen molar-refractivity contribution in [1.29, 1.82) is 0 Å². The number of hydrogen-bond donors (Lipinski definition) is 1. The predicted molar refractivity (Wildman–Crippen MR) is 58.2 cm³/mol. The van der Waals surface area contributed by atoms with Gasteiger partial charge in [0, 0.05) is 7.11 Å². The number of aryl methyl sites for hydroxylation is 1. The summed E-state index contributed by atoms with van der Waals surface area (Å²) in [5, 5.41) is 8.96. The van der Waals surface area contributed by atoms with Gasteiger partial charge in [0.25, 0.3) is 0 Å². The molecule has 0 unspecified atom stereocenters. The van der Waals surface area contributed by atoms with Crippen molar-refractivity contribution in [2.24, 2.45) is 0 Å². The van der Waals surface area contributed by atoms with Gasteiger partial charge in [-0.05, 0) is 31.4 Å². The van der Waals surface area contributed by atoms with Gasteiger partial charge in [0.2, 0.25) is 0 Å². The Hall–Kier alpha value is -1.35. The largest absolute Gasteiger partial charge is 0.478 e. The third-order valence-electron chi connectivity index (χ3n) is 2.47. The first-order chi connectivity index (χ1) is 7.15. The second-order valence-corrected chi connectivity index (χ2v) is 3.55. The number of benzene rings is 1. The third-order valence-corrected chi connectivity index (χ3v) is 2.47. The highest BCUT2D eigenvalue weighted by molar-refractivity contribution is 5.89. The van der Waals surface area contributed by atoms with E-state index in [9.17, 15) is 4.79 Å². The van der Waals surface area contributed by atoms with Gasteiger partial charge in [-0.3, -0.25) is 0 Å². The van der Waals surface area contributed by atoms with Crippen molar-refractivity contribution < 1.29 is 14.6 Å². The summed E-state index contributed by atoms with van der Waals surface area (Å²) >= 11 is 0. The number of aromatic carboxylic acids is 1. The van der Waals surface area contributed by atoms with Gasteiger partial charge in [-0.1, -0.05) is 18.2 Å². The standard InChI is InChI=1S/C12H16O3/c1-9(15-2)7-8-10-5-3-4-6-11(10)12(13)14/h3-6,9H,7-8H2,1-2H3,(H,13,14)/t9-/m0/s1. The van der Waals surface area contributed by atoms with Gasteiger partial charge in [0.05, 0.1) is 11.7 Å². The van der Waals surface area contributed by atoms with Crippen LogP contribution in [0, 0.1) is 0 Å². The molecule has 1 atom stereocenters. The fourth-order valence-corrected chi connectivity index (χ4v) is 1.42. The molecule has 0 aliphatic heterocycles. The number of methoxy groups -OCH3 is 1. The highest BCUT2D eigenvalue weighted by Crippen LogP contribution is 2.12. The van der Waals surface area contributed by atoms with Gasteiger partial charge < -0.3 is 9.84 Å². The van der Waals surface area contributed by atoms with Gasteiger partial charge in [-0.15, -0.1) is 0 Å². The molecule has 0 saturated heterocycles. The number of rotatable bonds is 5. The van der Waals surface area contributed by atoms with Crippen molar-refractivity contribution >= 4 is 5.97 Å². The summed E-state index contributed by atoms with van der Waals surface area (Å²) in [7, 11) is 1.66. The minimum Gasteiger partial charge on any atom is -0.478 e. The van der Waals surface area contributed by atoms with Crippen LogP contribution in [0.3, 0.4) is 0 Å². The molecule has 0 amide bonds. The summed E-state index contributed by atoms with van der Waals surface area (Å²) in [4.78, 5) is 10.9. The number of carboxylic acids is 1. The molecule has 3 nitrogen and oxygen atoms in total. The van der Waals surface area contributed by atoms with E-state index in [2.05, 4.69) is 0 Å². The van der Waals surface area contributed by atoms with Gasteiger partial charge in [-0.25, -0.2) is 4.79 Å². The summed E-state index contributed by atoms with van der Waals surface area (Å²) in [5.74, 6) is -0.865. The molecular weight excluding hydrogens is 192 g/mol. The normalized spacial score (nSPS) is 12.4. The number of carbonyl (C=O) groups is 1. The van der Waals surface area contributed by atoms with Crippen molar-refractivity contribution in [3.05, 3.63) is 35.4 Å². The van der Waals surface area contributed by atoms with Crippen molar-refractivity contribution in [3.8, 4) is 0 Å². The average Bonchev–Trinajstić information content (AvgIpc) is 2.26. The first-order valence-corrected chi connectivity index (χ1v) is 4.99. The molecule has 1 N–H and O–H groups in total. The Labute approximate surface area is 89.7 Å². The lowest BCUT2D eigenvalue weighted by Crippen LogP contribution is -2.08. The highest BCUT2D eigenvalue weighted by Gasteiger charge is 2.09. The molecule has 82 valence electrons. The molecule has 15 heavy (non-hydrogen) atoms. The molecule has 0 fully saturated rings. The van der Waals surface area contributed by atoms with E-state index in [1.54, 1.807) is 19.2 Å². The molecule has 1 aromatic carbocycles. The van der Waals surface area contributed by atoms with Gasteiger partial charge in [-0.2, -0.15) is 0 Å². The number of carboxylic acid groups (broad SMARTS) is 1. The molecule has 0 radical (unpaired) electrons. The molecule has 0 saturated carbocycles. The maximum atomic E-state index is 10.9. The van der Waals surface area contributed by atoms with Gasteiger partial charge in [0.15, 0.2) is 0 Å².